The molecule has 1 N–H and O–H groups in total. The van der Waals surface area contributed by atoms with E-state index in [2.05, 4.69) is 22.1 Å². The largest absolute Gasteiger partial charge is 0.378 e. The molecule has 2 aliphatic heterocycles. The number of benzene rings is 1. The third-order valence-corrected chi connectivity index (χ3v) is 6.43. The normalized spacial score (nSPS) is 18.8. The maximum atomic E-state index is 14.8. The van der Waals surface area contributed by atoms with E-state index in [0.717, 1.165) is 23.2 Å². The zero-order valence-corrected chi connectivity index (χ0v) is 18.8. The number of urea groups is 1. The fraction of sp³-hybridized carbons (Fsp3) is 0.417. The molecule has 2 aliphatic rings. The van der Waals surface area contributed by atoms with Crippen LogP contribution in [0, 0.1) is 24.6 Å². The highest BCUT2D eigenvalue weighted by Gasteiger charge is 2.24. The summed E-state index contributed by atoms with van der Waals surface area (Å²) >= 11 is 0. The zero-order chi connectivity index (χ0) is 23.1. The minimum absolute atomic E-state index is 0.130. The zero-order valence-electron chi connectivity index (χ0n) is 18.8. The Kier molecular flexibility index (Phi) is 5.65. The number of likely N-dealkylation sites (tertiary alicyclic amines) is 1. The molecule has 1 atom stereocenters. The summed E-state index contributed by atoms with van der Waals surface area (Å²) in [6.07, 6.45) is 4.06. The van der Waals surface area contributed by atoms with Crippen molar-refractivity contribution < 1.29 is 18.3 Å². The van der Waals surface area contributed by atoms with E-state index in [4.69, 9.17) is 4.74 Å². The minimum Gasteiger partial charge on any atom is -0.378 e. The van der Waals surface area contributed by atoms with Gasteiger partial charge in [-0.1, -0.05) is 6.92 Å². The van der Waals surface area contributed by atoms with Crippen LogP contribution in [-0.2, 0) is 4.74 Å². The van der Waals surface area contributed by atoms with Gasteiger partial charge in [-0.25, -0.2) is 9.18 Å². The Bertz CT molecular complexity index is 1210. The van der Waals surface area contributed by atoms with Gasteiger partial charge in [-0.3, -0.25) is 0 Å². The fourth-order valence-electron chi connectivity index (χ4n) is 4.63. The quantitative estimate of drug-likeness (QED) is 0.640. The van der Waals surface area contributed by atoms with E-state index >= 15 is 0 Å². The second-order valence-electron chi connectivity index (χ2n) is 8.92. The lowest BCUT2D eigenvalue weighted by molar-refractivity contribution is 0.123. The number of pyridine rings is 1. The van der Waals surface area contributed by atoms with Crippen molar-refractivity contribution in [2.75, 3.05) is 49.6 Å². The summed E-state index contributed by atoms with van der Waals surface area (Å²) in [6.45, 7) is 7.76. The van der Waals surface area contributed by atoms with Crippen molar-refractivity contribution in [3.63, 3.8) is 0 Å². The highest BCUT2D eigenvalue weighted by atomic mass is 19.1. The topological polar surface area (TPSA) is 62.1 Å². The van der Waals surface area contributed by atoms with Gasteiger partial charge in [0.15, 0.2) is 5.65 Å². The number of carbonyl (C=O) groups is 1. The number of aromatic nitrogens is 2. The van der Waals surface area contributed by atoms with Crippen LogP contribution in [-0.4, -0.2) is 59.7 Å². The molecule has 0 radical (unpaired) electrons. The van der Waals surface area contributed by atoms with Gasteiger partial charge >= 0.3 is 6.03 Å². The Hall–Kier alpha value is -3.20. The summed E-state index contributed by atoms with van der Waals surface area (Å²) in [6, 6.07) is 4.72. The Morgan fingerprint density at radius 1 is 1.15 bits per heavy atom. The molecule has 0 unspecified atom stereocenters. The van der Waals surface area contributed by atoms with Gasteiger partial charge < -0.3 is 24.3 Å². The van der Waals surface area contributed by atoms with Crippen LogP contribution in [0.15, 0.2) is 30.6 Å². The van der Waals surface area contributed by atoms with Crippen LogP contribution < -0.4 is 10.2 Å². The summed E-state index contributed by atoms with van der Waals surface area (Å²) < 4.78 is 35.9. The molecule has 4 heterocycles. The highest BCUT2D eigenvalue weighted by molar-refractivity contribution is 5.91. The van der Waals surface area contributed by atoms with Crippen molar-refractivity contribution in [1.82, 2.24) is 14.3 Å². The number of imidazole rings is 1. The number of hydrogen-bond donors (Lipinski definition) is 1. The Labute approximate surface area is 191 Å². The lowest BCUT2D eigenvalue weighted by Crippen LogP contribution is -2.36. The first-order valence-corrected chi connectivity index (χ1v) is 11.3. The molecule has 2 aromatic heterocycles. The Balaban J connectivity index is 1.53. The van der Waals surface area contributed by atoms with E-state index in [1.54, 1.807) is 21.6 Å². The average molecular weight is 456 g/mol. The van der Waals surface area contributed by atoms with Crippen molar-refractivity contribution in [2.45, 2.75) is 20.3 Å². The van der Waals surface area contributed by atoms with Gasteiger partial charge in [0, 0.05) is 37.9 Å². The van der Waals surface area contributed by atoms with Gasteiger partial charge in [-0.15, -0.1) is 0 Å². The summed E-state index contributed by atoms with van der Waals surface area (Å²) in [7, 11) is 0. The van der Waals surface area contributed by atoms with Crippen molar-refractivity contribution in [3.8, 4) is 11.1 Å². The van der Waals surface area contributed by atoms with Gasteiger partial charge in [0.2, 0.25) is 5.95 Å². The molecule has 3 aromatic rings. The number of aryl methyl sites for hydroxylation is 1. The summed E-state index contributed by atoms with van der Waals surface area (Å²) in [5.41, 5.74) is 3.70. The number of nitrogens with zero attached hydrogens (tertiary/aromatic N) is 4. The molecule has 0 aliphatic carbocycles. The van der Waals surface area contributed by atoms with E-state index < -0.39 is 11.8 Å². The number of ether oxygens (including phenoxy) is 1. The lowest BCUT2D eigenvalue weighted by Gasteiger charge is -2.29. The van der Waals surface area contributed by atoms with Crippen molar-refractivity contribution in [3.05, 3.63) is 47.9 Å². The van der Waals surface area contributed by atoms with Crippen molar-refractivity contribution in [1.29, 1.82) is 0 Å². The van der Waals surface area contributed by atoms with Crippen LogP contribution in [0.2, 0.25) is 0 Å². The van der Waals surface area contributed by atoms with Crippen LogP contribution in [0.1, 0.15) is 18.9 Å². The SMILES string of the molecule is Cc1cc(F)c(NC(=O)N2CC[C@@H](C)C2)cc1-c1cc(N2CCOCC2)c2nc(F)cn2c1. The van der Waals surface area contributed by atoms with Gasteiger partial charge in [0.25, 0.3) is 0 Å². The summed E-state index contributed by atoms with van der Waals surface area (Å²) in [5, 5.41) is 2.74. The molecule has 2 fully saturated rings. The molecule has 174 valence electrons. The van der Waals surface area contributed by atoms with Crippen molar-refractivity contribution in [2.24, 2.45) is 5.92 Å². The molecule has 2 amide bonds. The van der Waals surface area contributed by atoms with E-state index in [1.165, 1.54) is 12.3 Å². The number of carbonyl (C=O) groups excluding carboxylic acids is 1. The number of amides is 2. The summed E-state index contributed by atoms with van der Waals surface area (Å²) in [4.78, 5) is 20.5. The number of hydrogen-bond acceptors (Lipinski definition) is 4. The molecule has 0 saturated carbocycles. The predicted molar refractivity (Wildman–Crippen MR) is 123 cm³/mol. The molecule has 0 spiro atoms. The van der Waals surface area contributed by atoms with Crippen LogP contribution >= 0.6 is 0 Å². The number of morpholine rings is 1. The first-order valence-electron chi connectivity index (χ1n) is 11.3. The standard InChI is InChI=1S/C24H27F2N5O2/c1-15-3-4-30(12-15)24(32)27-20-11-18(16(2)9-19(20)25)17-10-21(29-5-7-33-8-6-29)23-28-22(26)14-31(23)13-17/h9-11,13-15H,3-8,12H2,1-2H3,(H,27,32)/t15-/m1/s1. The highest BCUT2D eigenvalue weighted by Crippen LogP contribution is 2.34. The van der Waals surface area contributed by atoms with Gasteiger partial charge in [0.1, 0.15) is 5.82 Å². The van der Waals surface area contributed by atoms with Crippen LogP contribution in [0.4, 0.5) is 25.0 Å². The third kappa shape index (κ3) is 4.25. The molecule has 2 saturated heterocycles. The number of rotatable bonds is 3. The Morgan fingerprint density at radius 3 is 2.67 bits per heavy atom. The van der Waals surface area contributed by atoms with Gasteiger partial charge in [-0.2, -0.15) is 9.37 Å². The fourth-order valence-corrected chi connectivity index (χ4v) is 4.63. The smallest absolute Gasteiger partial charge is 0.321 e. The van der Waals surface area contributed by atoms with E-state index in [-0.39, 0.29) is 11.7 Å². The molecular weight excluding hydrogens is 428 g/mol. The number of nitrogens with one attached hydrogen (secondary N) is 1. The average Bonchev–Trinajstić information content (AvgIpc) is 3.40. The number of fused-ring (bicyclic) bond motifs is 1. The Morgan fingerprint density at radius 2 is 1.94 bits per heavy atom. The van der Waals surface area contributed by atoms with E-state index in [1.807, 2.05) is 13.0 Å². The van der Waals surface area contributed by atoms with Crippen LogP contribution in [0.25, 0.3) is 16.8 Å². The van der Waals surface area contributed by atoms with E-state index in [0.29, 0.717) is 56.5 Å². The van der Waals surface area contributed by atoms with E-state index in [9.17, 15) is 13.6 Å². The monoisotopic (exact) mass is 455 g/mol. The molecular formula is C24H27F2N5O2. The lowest BCUT2D eigenvalue weighted by atomic mass is 10.00. The molecule has 1 aromatic carbocycles. The molecule has 7 nitrogen and oxygen atoms in total. The van der Waals surface area contributed by atoms with Gasteiger partial charge in [-0.05, 0) is 48.6 Å². The van der Waals surface area contributed by atoms with Crippen LogP contribution in [0.5, 0.6) is 0 Å². The maximum absolute atomic E-state index is 14.8. The number of halogens is 2. The summed E-state index contributed by atoms with van der Waals surface area (Å²) in [5.74, 6) is -0.611. The molecule has 9 heteroatoms. The number of anilines is 2. The second kappa shape index (κ2) is 8.62. The molecule has 5 rings (SSSR count). The molecule has 0 bridgehead atoms. The molecule has 33 heavy (non-hydrogen) atoms. The predicted octanol–water partition coefficient (Wildman–Crippen LogP) is 4.30. The first kappa shape index (κ1) is 21.6. The second-order valence-corrected chi connectivity index (χ2v) is 8.92. The van der Waals surface area contributed by atoms with Crippen LogP contribution in [0.3, 0.4) is 0 Å². The van der Waals surface area contributed by atoms with Crippen molar-refractivity contribution >= 4 is 23.1 Å². The first-order chi connectivity index (χ1) is 15.9. The minimum atomic E-state index is -0.565. The third-order valence-electron chi connectivity index (χ3n) is 6.43. The maximum Gasteiger partial charge on any atom is 0.321 e. The van der Waals surface area contributed by atoms with Gasteiger partial charge in [0.05, 0.1) is 30.8 Å².